The standard InChI is InChI=1S/C22H19ClF3N5O4/c1-11(27-20(34)35)17-29-15-7-3-6-14(23)16(15)18(32)31(17)13-5-2-4-12(10-13)28-19(33)30-21(8-9-21)22(24,25)26/h2-7,10-11,27H,8-9H2,1H3,(H,34,35)(H2,28,30,33). The number of hydrogen-bond acceptors (Lipinski definition) is 4. The molecule has 0 radical (unpaired) electrons. The summed E-state index contributed by atoms with van der Waals surface area (Å²) in [6.07, 6.45) is -6.32. The maximum atomic E-state index is 13.4. The molecule has 1 aromatic heterocycles. The molecule has 0 aliphatic heterocycles. The molecular formula is C22H19ClF3N5O4. The monoisotopic (exact) mass is 509 g/mol. The van der Waals surface area contributed by atoms with Crippen molar-refractivity contribution in [1.29, 1.82) is 0 Å². The Morgan fingerprint density at radius 3 is 2.51 bits per heavy atom. The van der Waals surface area contributed by atoms with Crippen molar-refractivity contribution in [2.75, 3.05) is 5.32 Å². The zero-order valence-corrected chi connectivity index (χ0v) is 18.9. The number of fused-ring (bicyclic) bond motifs is 1. The number of alkyl halides is 3. The first-order chi connectivity index (χ1) is 16.4. The maximum absolute atomic E-state index is 13.4. The Morgan fingerprint density at radius 2 is 1.89 bits per heavy atom. The number of aromatic nitrogens is 2. The molecule has 4 N–H and O–H groups in total. The first-order valence-electron chi connectivity index (χ1n) is 10.4. The summed E-state index contributed by atoms with van der Waals surface area (Å²) in [4.78, 5) is 41.3. The molecule has 3 aromatic rings. The van der Waals surface area contributed by atoms with Crippen LogP contribution in [-0.2, 0) is 0 Å². The molecule has 1 saturated carbocycles. The van der Waals surface area contributed by atoms with Gasteiger partial charge in [-0.15, -0.1) is 0 Å². The van der Waals surface area contributed by atoms with Crippen LogP contribution in [0.5, 0.6) is 0 Å². The van der Waals surface area contributed by atoms with E-state index in [1.807, 2.05) is 5.32 Å². The van der Waals surface area contributed by atoms with Crippen LogP contribution in [0.4, 0.5) is 28.4 Å². The highest BCUT2D eigenvalue weighted by molar-refractivity contribution is 6.35. The minimum atomic E-state index is -4.57. The summed E-state index contributed by atoms with van der Waals surface area (Å²) in [6.45, 7) is 1.49. The van der Waals surface area contributed by atoms with Gasteiger partial charge in [0.25, 0.3) is 5.56 Å². The van der Waals surface area contributed by atoms with Gasteiger partial charge >= 0.3 is 18.3 Å². The molecule has 1 heterocycles. The average Bonchev–Trinajstić information content (AvgIpc) is 3.53. The maximum Gasteiger partial charge on any atom is 0.411 e. The molecule has 1 unspecified atom stereocenters. The van der Waals surface area contributed by atoms with Crippen molar-refractivity contribution in [2.45, 2.75) is 37.5 Å². The van der Waals surface area contributed by atoms with E-state index in [-0.39, 0.29) is 46.0 Å². The second-order valence-electron chi connectivity index (χ2n) is 8.13. The van der Waals surface area contributed by atoms with Crippen molar-refractivity contribution < 1.29 is 27.9 Å². The van der Waals surface area contributed by atoms with Crippen LogP contribution in [0.25, 0.3) is 16.6 Å². The normalized spacial score (nSPS) is 15.3. The summed E-state index contributed by atoms with van der Waals surface area (Å²) in [5.74, 6) is 0.0442. The summed E-state index contributed by atoms with van der Waals surface area (Å²) in [7, 11) is 0. The Morgan fingerprint density at radius 1 is 1.20 bits per heavy atom. The molecule has 9 nitrogen and oxygen atoms in total. The number of carbonyl (C=O) groups excluding carboxylic acids is 1. The van der Waals surface area contributed by atoms with Gasteiger partial charge in [-0.2, -0.15) is 13.2 Å². The summed E-state index contributed by atoms with van der Waals surface area (Å²) in [6, 6.07) is 8.45. The zero-order chi connectivity index (χ0) is 25.5. The molecule has 0 spiro atoms. The Hall–Kier alpha value is -3.80. The van der Waals surface area contributed by atoms with Crippen LogP contribution in [0.2, 0.25) is 5.02 Å². The number of anilines is 1. The smallest absolute Gasteiger partial charge is 0.411 e. The van der Waals surface area contributed by atoms with Crippen LogP contribution < -0.4 is 21.5 Å². The molecule has 13 heteroatoms. The molecular weight excluding hydrogens is 491 g/mol. The van der Waals surface area contributed by atoms with E-state index in [1.165, 1.54) is 37.3 Å². The molecule has 1 atom stereocenters. The van der Waals surface area contributed by atoms with Gasteiger partial charge in [0.05, 0.1) is 27.7 Å². The molecule has 4 rings (SSSR count). The number of benzene rings is 2. The zero-order valence-electron chi connectivity index (χ0n) is 18.1. The first kappa shape index (κ1) is 24.3. The number of urea groups is 1. The predicted octanol–water partition coefficient (Wildman–Crippen LogP) is 4.58. The molecule has 0 bridgehead atoms. The lowest BCUT2D eigenvalue weighted by molar-refractivity contribution is -0.162. The summed E-state index contributed by atoms with van der Waals surface area (Å²) >= 11 is 6.22. The van der Waals surface area contributed by atoms with E-state index in [9.17, 15) is 27.6 Å². The molecule has 35 heavy (non-hydrogen) atoms. The SMILES string of the molecule is CC(NC(=O)O)c1nc2cccc(Cl)c2c(=O)n1-c1cccc(NC(=O)NC2(C(F)(F)F)CC2)c1. The van der Waals surface area contributed by atoms with E-state index in [0.717, 1.165) is 4.57 Å². The van der Waals surface area contributed by atoms with Gasteiger partial charge in [-0.3, -0.25) is 9.36 Å². The van der Waals surface area contributed by atoms with Gasteiger partial charge in [-0.05, 0) is 50.1 Å². The number of amides is 3. The second kappa shape index (κ2) is 8.77. The van der Waals surface area contributed by atoms with Gasteiger partial charge in [0, 0.05) is 5.69 Å². The number of nitrogens with zero attached hydrogens (tertiary/aromatic N) is 2. The highest BCUT2D eigenvalue weighted by Crippen LogP contribution is 2.48. The predicted molar refractivity (Wildman–Crippen MR) is 122 cm³/mol. The third kappa shape index (κ3) is 4.74. The summed E-state index contributed by atoms with van der Waals surface area (Å²) < 4.78 is 40.6. The van der Waals surface area contributed by atoms with Crippen LogP contribution in [0.3, 0.4) is 0 Å². The van der Waals surface area contributed by atoms with Crippen LogP contribution in [0.1, 0.15) is 31.6 Å². The quantitative estimate of drug-likeness (QED) is 0.400. The lowest BCUT2D eigenvalue weighted by Gasteiger charge is -2.21. The highest BCUT2D eigenvalue weighted by Gasteiger charge is 2.64. The second-order valence-corrected chi connectivity index (χ2v) is 8.53. The molecule has 3 amide bonds. The summed E-state index contributed by atoms with van der Waals surface area (Å²) in [5.41, 5.74) is -2.29. The molecule has 1 aliphatic carbocycles. The number of rotatable bonds is 5. The fourth-order valence-corrected chi connectivity index (χ4v) is 3.95. The van der Waals surface area contributed by atoms with E-state index in [2.05, 4.69) is 15.6 Å². The van der Waals surface area contributed by atoms with E-state index in [0.29, 0.717) is 0 Å². The topological polar surface area (TPSA) is 125 Å². The van der Waals surface area contributed by atoms with Crippen molar-refractivity contribution >= 4 is 40.3 Å². The number of nitrogens with one attached hydrogen (secondary N) is 3. The van der Waals surface area contributed by atoms with E-state index < -0.39 is 35.4 Å². The molecule has 2 aromatic carbocycles. The van der Waals surface area contributed by atoms with Crippen molar-refractivity contribution in [1.82, 2.24) is 20.2 Å². The Kier molecular flexibility index (Phi) is 6.09. The lowest BCUT2D eigenvalue weighted by atomic mass is 10.2. The third-order valence-electron chi connectivity index (χ3n) is 5.61. The van der Waals surface area contributed by atoms with Crippen LogP contribution in [-0.4, -0.2) is 38.5 Å². The highest BCUT2D eigenvalue weighted by atomic mass is 35.5. The van der Waals surface area contributed by atoms with Crippen LogP contribution in [0.15, 0.2) is 47.3 Å². The van der Waals surface area contributed by atoms with Crippen LogP contribution >= 0.6 is 11.6 Å². The molecule has 184 valence electrons. The largest absolute Gasteiger partial charge is 0.465 e. The Labute approximate surface area is 200 Å². The fraction of sp³-hybridized carbons (Fsp3) is 0.273. The number of hydrogen-bond donors (Lipinski definition) is 4. The van der Waals surface area contributed by atoms with Gasteiger partial charge in [0.2, 0.25) is 0 Å². The minimum absolute atomic E-state index is 0.0442. The van der Waals surface area contributed by atoms with Crippen LogP contribution in [0, 0.1) is 0 Å². The van der Waals surface area contributed by atoms with Crippen molar-refractivity contribution in [3.05, 3.63) is 63.7 Å². The van der Waals surface area contributed by atoms with Crippen molar-refractivity contribution in [2.24, 2.45) is 0 Å². The van der Waals surface area contributed by atoms with Gasteiger partial charge in [-0.25, -0.2) is 14.6 Å². The number of carbonyl (C=O) groups is 2. The number of carboxylic acid groups (broad SMARTS) is 1. The number of halogens is 4. The fourth-order valence-electron chi connectivity index (χ4n) is 3.70. The van der Waals surface area contributed by atoms with Crippen molar-refractivity contribution in [3.63, 3.8) is 0 Å². The first-order valence-corrected chi connectivity index (χ1v) is 10.8. The minimum Gasteiger partial charge on any atom is -0.465 e. The van der Waals surface area contributed by atoms with Gasteiger partial charge in [0.15, 0.2) is 0 Å². The molecule has 1 fully saturated rings. The van der Waals surface area contributed by atoms with E-state index >= 15 is 0 Å². The summed E-state index contributed by atoms with van der Waals surface area (Å²) in [5, 5.41) is 15.9. The Balaban J connectivity index is 1.75. The molecule has 1 aliphatic rings. The van der Waals surface area contributed by atoms with E-state index in [1.54, 1.807) is 12.1 Å². The lowest BCUT2D eigenvalue weighted by Crippen LogP contribution is -2.49. The average molecular weight is 510 g/mol. The van der Waals surface area contributed by atoms with Gasteiger partial charge in [-0.1, -0.05) is 23.7 Å². The van der Waals surface area contributed by atoms with Crippen molar-refractivity contribution in [3.8, 4) is 5.69 Å². The van der Waals surface area contributed by atoms with Gasteiger partial charge in [0.1, 0.15) is 11.4 Å². The van der Waals surface area contributed by atoms with E-state index in [4.69, 9.17) is 16.7 Å². The third-order valence-corrected chi connectivity index (χ3v) is 5.92. The van der Waals surface area contributed by atoms with Gasteiger partial charge < -0.3 is 21.1 Å². The molecule has 0 saturated heterocycles. The Bertz CT molecular complexity index is 1390.